The smallest absolute Gasteiger partial charge is 0.297 e. The van der Waals surface area contributed by atoms with Crippen LogP contribution in [0.15, 0.2) is 67.0 Å². The van der Waals surface area contributed by atoms with E-state index in [-0.39, 0.29) is 5.82 Å². The van der Waals surface area contributed by atoms with Gasteiger partial charge >= 0.3 is 0 Å². The van der Waals surface area contributed by atoms with Gasteiger partial charge in [0.1, 0.15) is 17.9 Å². The summed E-state index contributed by atoms with van der Waals surface area (Å²) >= 11 is 0. The van der Waals surface area contributed by atoms with Gasteiger partial charge in [-0.2, -0.15) is 0 Å². The first-order valence-corrected chi connectivity index (χ1v) is 7.55. The number of nitrogens with one attached hydrogen (secondary N) is 1. The number of carbonyl (C=O) groups is 2. The molecule has 1 amide bonds. The molecule has 1 N–H and O–H groups in total. The van der Waals surface area contributed by atoms with Gasteiger partial charge in [-0.25, -0.2) is 9.97 Å². The van der Waals surface area contributed by atoms with Gasteiger partial charge in [0, 0.05) is 17.2 Å². The fraction of sp³-hybridized carbons (Fsp3) is 0.0526. The molecule has 0 atom stereocenters. The third-order valence-corrected chi connectivity index (χ3v) is 3.53. The lowest BCUT2D eigenvalue weighted by Gasteiger charge is -2.09. The van der Waals surface area contributed by atoms with Crippen molar-refractivity contribution in [1.82, 2.24) is 9.97 Å². The number of ether oxygens (including phenoxy) is 1. The zero-order valence-corrected chi connectivity index (χ0v) is 13.5. The Balaban J connectivity index is 1.83. The minimum atomic E-state index is -0.754. The predicted molar refractivity (Wildman–Crippen MR) is 93.4 cm³/mol. The van der Waals surface area contributed by atoms with Crippen LogP contribution in [0, 0.1) is 0 Å². The van der Waals surface area contributed by atoms with Crippen molar-refractivity contribution in [3.63, 3.8) is 0 Å². The highest BCUT2D eigenvalue weighted by atomic mass is 16.5. The third kappa shape index (κ3) is 3.69. The van der Waals surface area contributed by atoms with Crippen molar-refractivity contribution in [3.8, 4) is 17.0 Å². The molecule has 0 fully saturated rings. The highest BCUT2D eigenvalue weighted by Crippen LogP contribution is 2.28. The van der Waals surface area contributed by atoms with Crippen LogP contribution in [0.1, 0.15) is 10.4 Å². The summed E-state index contributed by atoms with van der Waals surface area (Å²) in [6, 6.07) is 17.3. The number of hydrogen-bond donors (Lipinski definition) is 1. The van der Waals surface area contributed by atoms with Crippen LogP contribution in [0.3, 0.4) is 0 Å². The Kier molecular flexibility index (Phi) is 4.80. The van der Waals surface area contributed by atoms with E-state index < -0.39 is 11.7 Å². The number of para-hydroxylation sites is 1. The summed E-state index contributed by atoms with van der Waals surface area (Å²) in [5.74, 6) is -0.488. The van der Waals surface area contributed by atoms with Crippen LogP contribution in [-0.4, -0.2) is 28.8 Å². The van der Waals surface area contributed by atoms with E-state index >= 15 is 0 Å². The second kappa shape index (κ2) is 7.35. The van der Waals surface area contributed by atoms with Gasteiger partial charge in [-0.1, -0.05) is 42.5 Å². The van der Waals surface area contributed by atoms with Gasteiger partial charge in [-0.05, 0) is 12.1 Å². The quantitative estimate of drug-likeness (QED) is 0.573. The van der Waals surface area contributed by atoms with Crippen molar-refractivity contribution >= 4 is 17.5 Å². The first-order valence-electron chi connectivity index (χ1n) is 7.55. The van der Waals surface area contributed by atoms with E-state index in [0.717, 1.165) is 5.56 Å². The predicted octanol–water partition coefficient (Wildman–Crippen LogP) is 2.97. The largest absolute Gasteiger partial charge is 0.496 e. The molecule has 3 aromatic rings. The van der Waals surface area contributed by atoms with E-state index in [1.165, 1.54) is 6.33 Å². The van der Waals surface area contributed by atoms with Crippen LogP contribution in [0.25, 0.3) is 11.3 Å². The SMILES string of the molecule is COc1ccccc1-c1cc(NC(=O)C(=O)c2ccccc2)ncn1. The Morgan fingerprint density at radius 3 is 2.44 bits per heavy atom. The Hall–Kier alpha value is -3.54. The number of carbonyl (C=O) groups excluding carboxylic acids is 2. The number of amides is 1. The molecule has 0 saturated carbocycles. The number of methoxy groups -OCH3 is 1. The average molecular weight is 333 g/mol. The lowest BCUT2D eigenvalue weighted by atomic mass is 10.1. The molecule has 0 aliphatic carbocycles. The molecule has 0 saturated heterocycles. The summed E-state index contributed by atoms with van der Waals surface area (Å²) in [6.07, 6.45) is 1.32. The lowest BCUT2D eigenvalue weighted by molar-refractivity contribution is -0.112. The van der Waals surface area contributed by atoms with E-state index in [1.807, 2.05) is 24.3 Å². The molecule has 1 aromatic heterocycles. The van der Waals surface area contributed by atoms with Crippen molar-refractivity contribution in [1.29, 1.82) is 0 Å². The highest BCUT2D eigenvalue weighted by Gasteiger charge is 2.17. The first-order chi connectivity index (χ1) is 12.2. The van der Waals surface area contributed by atoms with Gasteiger partial charge in [0.2, 0.25) is 0 Å². The van der Waals surface area contributed by atoms with Crippen LogP contribution in [0.2, 0.25) is 0 Å². The number of Topliss-reactive ketones (excluding diaryl/α,β-unsaturated/α-hetero) is 1. The fourth-order valence-corrected chi connectivity index (χ4v) is 2.32. The molecule has 6 nitrogen and oxygen atoms in total. The average Bonchev–Trinajstić information content (AvgIpc) is 2.68. The molecule has 3 rings (SSSR count). The summed E-state index contributed by atoms with van der Waals surface area (Å²) in [6.45, 7) is 0. The second-order valence-electron chi connectivity index (χ2n) is 5.14. The molecule has 0 bridgehead atoms. The second-order valence-corrected chi connectivity index (χ2v) is 5.14. The zero-order valence-electron chi connectivity index (χ0n) is 13.5. The first kappa shape index (κ1) is 16.3. The van der Waals surface area contributed by atoms with E-state index in [9.17, 15) is 9.59 Å². The topological polar surface area (TPSA) is 81.2 Å². The van der Waals surface area contributed by atoms with Gasteiger partial charge in [0.15, 0.2) is 0 Å². The Bertz CT molecular complexity index is 911. The number of hydrogen-bond acceptors (Lipinski definition) is 5. The molecule has 6 heteroatoms. The maximum atomic E-state index is 12.1. The molecule has 1 heterocycles. The van der Waals surface area contributed by atoms with Crippen LogP contribution in [0.4, 0.5) is 5.82 Å². The summed E-state index contributed by atoms with van der Waals surface area (Å²) in [5.41, 5.74) is 1.66. The minimum Gasteiger partial charge on any atom is -0.496 e. The third-order valence-electron chi connectivity index (χ3n) is 3.53. The molecule has 2 aromatic carbocycles. The number of rotatable bonds is 5. The summed E-state index contributed by atoms with van der Waals surface area (Å²) < 4.78 is 5.31. The van der Waals surface area contributed by atoms with Gasteiger partial charge in [-0.3, -0.25) is 9.59 Å². The van der Waals surface area contributed by atoms with Gasteiger partial charge < -0.3 is 10.1 Å². The summed E-state index contributed by atoms with van der Waals surface area (Å²) in [5, 5.41) is 2.51. The van der Waals surface area contributed by atoms with Crippen LogP contribution in [-0.2, 0) is 4.79 Å². The van der Waals surface area contributed by atoms with Crippen LogP contribution in [0.5, 0.6) is 5.75 Å². The Morgan fingerprint density at radius 1 is 0.960 bits per heavy atom. The van der Waals surface area contributed by atoms with E-state index in [0.29, 0.717) is 17.0 Å². The standard InChI is InChI=1S/C19H15N3O3/c1-25-16-10-6-5-9-14(16)15-11-17(21-12-20-15)22-19(24)18(23)13-7-3-2-4-8-13/h2-12H,1H3,(H,20,21,22,24). The molecule has 25 heavy (non-hydrogen) atoms. The monoisotopic (exact) mass is 333 g/mol. The maximum absolute atomic E-state index is 12.1. The van der Waals surface area contributed by atoms with Crippen LogP contribution < -0.4 is 10.1 Å². The van der Waals surface area contributed by atoms with Crippen LogP contribution >= 0.6 is 0 Å². The maximum Gasteiger partial charge on any atom is 0.297 e. The number of aromatic nitrogens is 2. The summed E-state index contributed by atoms with van der Waals surface area (Å²) in [7, 11) is 1.57. The molecule has 0 radical (unpaired) electrons. The fourth-order valence-electron chi connectivity index (χ4n) is 2.32. The highest BCUT2D eigenvalue weighted by molar-refractivity contribution is 6.46. The van der Waals surface area contributed by atoms with E-state index in [1.54, 1.807) is 43.5 Å². The Morgan fingerprint density at radius 2 is 1.68 bits per heavy atom. The van der Waals surface area contributed by atoms with Crippen molar-refractivity contribution in [2.75, 3.05) is 12.4 Å². The molecule has 0 unspecified atom stereocenters. The normalized spacial score (nSPS) is 10.1. The zero-order chi connectivity index (χ0) is 17.6. The molecule has 0 spiro atoms. The van der Waals surface area contributed by atoms with E-state index in [2.05, 4.69) is 15.3 Å². The molecular weight excluding hydrogens is 318 g/mol. The van der Waals surface area contributed by atoms with Gasteiger partial charge in [0.05, 0.1) is 12.8 Å². The number of benzene rings is 2. The van der Waals surface area contributed by atoms with E-state index in [4.69, 9.17) is 4.74 Å². The van der Waals surface area contributed by atoms with Crippen molar-refractivity contribution in [2.24, 2.45) is 0 Å². The molecule has 124 valence electrons. The number of anilines is 1. The summed E-state index contributed by atoms with van der Waals surface area (Å²) in [4.78, 5) is 32.5. The van der Waals surface area contributed by atoms with Crippen molar-refractivity contribution in [3.05, 3.63) is 72.6 Å². The Labute approximate surface area is 144 Å². The van der Waals surface area contributed by atoms with Crippen molar-refractivity contribution < 1.29 is 14.3 Å². The lowest BCUT2D eigenvalue weighted by Crippen LogP contribution is -2.23. The minimum absolute atomic E-state index is 0.241. The molecule has 0 aliphatic heterocycles. The number of nitrogens with zero attached hydrogens (tertiary/aromatic N) is 2. The van der Waals surface area contributed by atoms with Gasteiger partial charge in [-0.15, -0.1) is 0 Å². The molecular formula is C19H15N3O3. The van der Waals surface area contributed by atoms with Gasteiger partial charge in [0.25, 0.3) is 11.7 Å². The number of ketones is 1. The van der Waals surface area contributed by atoms with Crippen molar-refractivity contribution in [2.45, 2.75) is 0 Å². The molecule has 0 aliphatic rings.